The standard InChI is InChI=1S/C18H18FN5OS/c1-2-3-7-20-16(25)18-23-14-15(21-10-22-17(14)26-18)24-8-6-11-9-12(19)4-5-13(11)24/h4-5,9-10H,2-3,6-8H2,1H3,(H,20,25). The van der Waals surface area contributed by atoms with Gasteiger partial charge in [0.1, 0.15) is 22.5 Å². The van der Waals surface area contributed by atoms with Crippen molar-refractivity contribution in [2.75, 3.05) is 18.0 Å². The van der Waals surface area contributed by atoms with Crippen LogP contribution in [-0.4, -0.2) is 33.9 Å². The van der Waals surface area contributed by atoms with Gasteiger partial charge in [0.05, 0.1) is 0 Å². The first-order valence-electron chi connectivity index (χ1n) is 8.63. The third-order valence-corrected chi connectivity index (χ3v) is 5.34. The number of unbranched alkanes of at least 4 members (excludes halogenated alkanes) is 1. The molecule has 0 fully saturated rings. The van der Waals surface area contributed by atoms with Crippen LogP contribution in [0.15, 0.2) is 24.5 Å². The number of amides is 1. The highest BCUT2D eigenvalue weighted by Gasteiger charge is 2.25. The molecule has 26 heavy (non-hydrogen) atoms. The van der Waals surface area contributed by atoms with Gasteiger partial charge in [-0.2, -0.15) is 0 Å². The van der Waals surface area contributed by atoms with Crippen LogP contribution in [-0.2, 0) is 6.42 Å². The van der Waals surface area contributed by atoms with Gasteiger partial charge in [0.25, 0.3) is 5.91 Å². The molecule has 1 aliphatic heterocycles. The summed E-state index contributed by atoms with van der Waals surface area (Å²) in [5, 5.41) is 3.26. The van der Waals surface area contributed by atoms with Crippen LogP contribution in [0.1, 0.15) is 35.1 Å². The van der Waals surface area contributed by atoms with Gasteiger partial charge in [-0.15, -0.1) is 0 Å². The van der Waals surface area contributed by atoms with E-state index < -0.39 is 0 Å². The van der Waals surface area contributed by atoms with Gasteiger partial charge in [-0.1, -0.05) is 24.7 Å². The highest BCUT2D eigenvalue weighted by atomic mass is 32.1. The summed E-state index contributed by atoms with van der Waals surface area (Å²) in [6, 6.07) is 4.76. The van der Waals surface area contributed by atoms with Crippen molar-refractivity contribution in [1.29, 1.82) is 0 Å². The zero-order valence-corrected chi connectivity index (χ0v) is 15.1. The van der Waals surface area contributed by atoms with Crippen molar-refractivity contribution in [1.82, 2.24) is 20.3 Å². The van der Waals surface area contributed by atoms with Gasteiger partial charge in [0, 0.05) is 18.8 Å². The predicted octanol–water partition coefficient (Wildman–Crippen LogP) is 3.45. The minimum absolute atomic E-state index is 0.184. The first-order valence-corrected chi connectivity index (χ1v) is 9.44. The molecular weight excluding hydrogens is 353 g/mol. The van der Waals surface area contributed by atoms with E-state index in [9.17, 15) is 9.18 Å². The van der Waals surface area contributed by atoms with Crippen molar-refractivity contribution in [2.45, 2.75) is 26.2 Å². The van der Waals surface area contributed by atoms with Crippen molar-refractivity contribution < 1.29 is 9.18 Å². The van der Waals surface area contributed by atoms with Gasteiger partial charge < -0.3 is 10.2 Å². The van der Waals surface area contributed by atoms with E-state index in [0.29, 0.717) is 34.3 Å². The molecule has 3 aromatic rings. The minimum atomic E-state index is -0.238. The summed E-state index contributed by atoms with van der Waals surface area (Å²) in [6.45, 7) is 3.40. The van der Waals surface area contributed by atoms with Gasteiger partial charge in [-0.05, 0) is 36.6 Å². The number of benzene rings is 1. The Kier molecular flexibility index (Phi) is 4.50. The van der Waals surface area contributed by atoms with Gasteiger partial charge in [-0.3, -0.25) is 4.79 Å². The molecule has 0 atom stereocenters. The Labute approximate surface area is 154 Å². The molecular formula is C18H18FN5OS. The fourth-order valence-corrected chi connectivity index (χ4v) is 3.90. The summed E-state index contributed by atoms with van der Waals surface area (Å²) in [6.07, 6.45) is 4.18. The molecule has 0 unspecified atom stereocenters. The minimum Gasteiger partial charge on any atom is -0.350 e. The average molecular weight is 371 g/mol. The first kappa shape index (κ1) is 16.8. The smallest absolute Gasteiger partial charge is 0.280 e. The van der Waals surface area contributed by atoms with Crippen LogP contribution in [0.4, 0.5) is 15.9 Å². The van der Waals surface area contributed by atoms with Crippen LogP contribution >= 0.6 is 11.3 Å². The van der Waals surface area contributed by atoms with E-state index in [1.807, 2.05) is 4.90 Å². The molecule has 0 aliphatic carbocycles. The second-order valence-electron chi connectivity index (χ2n) is 6.15. The number of nitrogens with zero attached hydrogens (tertiary/aromatic N) is 4. The van der Waals surface area contributed by atoms with Crippen LogP contribution in [0.3, 0.4) is 0 Å². The summed E-state index contributed by atoms with van der Waals surface area (Å²) >= 11 is 1.26. The number of rotatable bonds is 5. The number of carbonyl (C=O) groups is 1. The zero-order valence-electron chi connectivity index (χ0n) is 14.3. The van der Waals surface area contributed by atoms with Crippen LogP contribution in [0, 0.1) is 5.82 Å². The number of aromatic nitrogens is 3. The molecule has 0 radical (unpaired) electrons. The normalized spacial score (nSPS) is 13.2. The largest absolute Gasteiger partial charge is 0.350 e. The molecule has 1 N–H and O–H groups in total. The maximum Gasteiger partial charge on any atom is 0.280 e. The Bertz CT molecular complexity index is 973. The number of nitrogens with one attached hydrogen (secondary N) is 1. The van der Waals surface area contributed by atoms with E-state index in [4.69, 9.17) is 0 Å². The fourth-order valence-electron chi connectivity index (χ4n) is 3.08. The van der Waals surface area contributed by atoms with E-state index in [1.54, 1.807) is 12.1 Å². The van der Waals surface area contributed by atoms with Crippen LogP contribution < -0.4 is 10.2 Å². The molecule has 3 heterocycles. The molecule has 1 aromatic carbocycles. The maximum atomic E-state index is 13.5. The third kappa shape index (κ3) is 3.01. The monoisotopic (exact) mass is 371 g/mol. The second kappa shape index (κ2) is 6.95. The summed E-state index contributed by atoms with van der Waals surface area (Å²) in [5.41, 5.74) is 2.48. The van der Waals surface area contributed by atoms with Crippen molar-refractivity contribution in [3.8, 4) is 0 Å². The number of hydrogen-bond donors (Lipinski definition) is 1. The van der Waals surface area contributed by atoms with Crippen molar-refractivity contribution in [3.05, 3.63) is 40.9 Å². The molecule has 2 aromatic heterocycles. The molecule has 4 rings (SSSR count). The topological polar surface area (TPSA) is 71.0 Å². The lowest BCUT2D eigenvalue weighted by molar-refractivity contribution is 0.0953. The molecule has 0 bridgehead atoms. The molecule has 134 valence electrons. The van der Waals surface area contributed by atoms with Crippen molar-refractivity contribution >= 4 is 39.1 Å². The number of halogens is 1. The molecule has 0 spiro atoms. The summed E-state index contributed by atoms with van der Waals surface area (Å²) in [7, 11) is 0. The van der Waals surface area contributed by atoms with E-state index >= 15 is 0 Å². The fraction of sp³-hybridized carbons (Fsp3) is 0.333. The van der Waals surface area contributed by atoms with E-state index in [0.717, 1.165) is 30.5 Å². The molecule has 0 saturated carbocycles. The Morgan fingerprint density at radius 1 is 1.38 bits per heavy atom. The van der Waals surface area contributed by atoms with Gasteiger partial charge in [-0.25, -0.2) is 19.3 Å². The van der Waals surface area contributed by atoms with Gasteiger partial charge in [0.2, 0.25) is 0 Å². The van der Waals surface area contributed by atoms with Gasteiger partial charge in [0.15, 0.2) is 10.8 Å². The Balaban J connectivity index is 1.68. The summed E-state index contributed by atoms with van der Waals surface area (Å²) in [4.78, 5) is 28.1. The second-order valence-corrected chi connectivity index (χ2v) is 7.13. The summed E-state index contributed by atoms with van der Waals surface area (Å²) in [5.74, 6) is 0.235. The molecule has 1 amide bonds. The molecule has 0 saturated heterocycles. The maximum absolute atomic E-state index is 13.5. The van der Waals surface area contributed by atoms with E-state index in [2.05, 4.69) is 27.2 Å². The average Bonchev–Trinajstić information content (AvgIpc) is 3.25. The number of carbonyl (C=O) groups excluding carboxylic acids is 1. The Hall–Kier alpha value is -2.61. The number of fused-ring (bicyclic) bond motifs is 2. The van der Waals surface area contributed by atoms with Gasteiger partial charge >= 0.3 is 0 Å². The molecule has 6 nitrogen and oxygen atoms in total. The van der Waals surface area contributed by atoms with E-state index in [-0.39, 0.29) is 11.7 Å². The van der Waals surface area contributed by atoms with Crippen LogP contribution in [0.25, 0.3) is 10.3 Å². The van der Waals surface area contributed by atoms with Crippen LogP contribution in [0.5, 0.6) is 0 Å². The quantitative estimate of drug-likeness (QED) is 0.696. The highest BCUT2D eigenvalue weighted by Crippen LogP contribution is 2.37. The number of thiazole rings is 1. The van der Waals surface area contributed by atoms with Crippen molar-refractivity contribution in [3.63, 3.8) is 0 Å². The lowest BCUT2D eigenvalue weighted by Gasteiger charge is -2.18. The molecule has 8 heteroatoms. The van der Waals surface area contributed by atoms with Crippen LogP contribution in [0.2, 0.25) is 0 Å². The summed E-state index contributed by atoms with van der Waals surface area (Å²) < 4.78 is 13.5. The third-order valence-electron chi connectivity index (χ3n) is 4.38. The Morgan fingerprint density at radius 2 is 2.27 bits per heavy atom. The molecule has 1 aliphatic rings. The first-order chi connectivity index (χ1) is 12.7. The SMILES string of the molecule is CCCCNC(=O)c1nc2c(N3CCc4cc(F)ccc43)ncnc2s1. The van der Waals surface area contributed by atoms with E-state index in [1.165, 1.54) is 23.7 Å². The van der Waals surface area contributed by atoms with Crippen molar-refractivity contribution in [2.24, 2.45) is 0 Å². The zero-order chi connectivity index (χ0) is 18.1. The Morgan fingerprint density at radius 3 is 3.12 bits per heavy atom. The lowest BCUT2D eigenvalue weighted by atomic mass is 10.2. The lowest BCUT2D eigenvalue weighted by Crippen LogP contribution is -2.24. The highest BCUT2D eigenvalue weighted by molar-refractivity contribution is 7.19. The number of anilines is 2. The predicted molar refractivity (Wildman–Crippen MR) is 99.6 cm³/mol. The number of hydrogen-bond acceptors (Lipinski definition) is 6.